The van der Waals surface area contributed by atoms with Crippen molar-refractivity contribution in [2.45, 2.75) is 91.3 Å². The van der Waals surface area contributed by atoms with Crippen LogP contribution in [0.2, 0.25) is 10.0 Å². The molecule has 0 aliphatic carbocycles. The van der Waals surface area contributed by atoms with Gasteiger partial charge in [0.1, 0.15) is 17.1 Å². The van der Waals surface area contributed by atoms with Crippen LogP contribution in [0.4, 0.5) is 11.4 Å². The summed E-state index contributed by atoms with van der Waals surface area (Å²) in [6, 6.07) is 15.0. The van der Waals surface area contributed by atoms with E-state index >= 15 is 0 Å². The topological polar surface area (TPSA) is 112 Å². The molecular formula is C36H46Br2Cl2N4O5. The predicted molar refractivity (Wildman–Crippen MR) is 204 cm³/mol. The number of nitrogens with one attached hydrogen (secondary N) is 2. The van der Waals surface area contributed by atoms with Crippen LogP contribution < -0.4 is 10.6 Å². The van der Waals surface area contributed by atoms with Crippen LogP contribution in [0.15, 0.2) is 66.5 Å². The Hall–Kier alpha value is -2.57. The van der Waals surface area contributed by atoms with Gasteiger partial charge in [0.15, 0.2) is 0 Å². The molecule has 0 aliphatic rings. The highest BCUT2D eigenvalue weighted by Gasteiger charge is 2.25. The number of hydrogen-bond donors (Lipinski definition) is 2. The second-order valence-corrected chi connectivity index (χ2v) is 16.3. The maximum Gasteiger partial charge on any atom is 0.307 e. The van der Waals surface area contributed by atoms with Crippen molar-refractivity contribution in [1.29, 1.82) is 0 Å². The van der Waals surface area contributed by atoms with Gasteiger partial charge in [0.05, 0.1) is 23.4 Å². The van der Waals surface area contributed by atoms with Crippen molar-refractivity contribution in [1.82, 2.24) is 10.3 Å². The predicted octanol–water partition coefficient (Wildman–Crippen LogP) is 11.1. The molecule has 2 unspecified atom stereocenters. The number of esters is 1. The zero-order valence-electron chi connectivity index (χ0n) is 29.3. The van der Waals surface area contributed by atoms with Crippen LogP contribution in [-0.4, -0.2) is 47.2 Å². The van der Waals surface area contributed by atoms with Crippen molar-refractivity contribution in [2.24, 2.45) is 0 Å². The quantitative estimate of drug-likeness (QED) is 0.127. The third-order valence-corrected chi connectivity index (χ3v) is 8.72. The summed E-state index contributed by atoms with van der Waals surface area (Å²) < 4.78 is 24.0. The number of anilines is 2. The summed E-state index contributed by atoms with van der Waals surface area (Å²) in [6.45, 7) is 17.3. The van der Waals surface area contributed by atoms with Gasteiger partial charge in [-0.25, -0.2) is 0 Å². The molecule has 0 amide bonds. The SMILES string of the molecule is Cc1cc(C(CCOC(C)(C)C)CNc2cc(Cl)ccc2Br)on1.Cc1cc(C(CNc2cc(Cl)ccc2Br)CC(=O)OC(C)(C)C)on1. The number of aromatic nitrogens is 2. The van der Waals surface area contributed by atoms with Gasteiger partial charge in [-0.1, -0.05) is 33.5 Å². The first-order valence-corrected chi connectivity index (χ1v) is 18.3. The molecule has 0 radical (unpaired) electrons. The number of nitrogens with zero attached hydrogens (tertiary/aromatic N) is 2. The van der Waals surface area contributed by atoms with Crippen LogP contribution >= 0.6 is 55.1 Å². The van der Waals surface area contributed by atoms with E-state index < -0.39 is 5.60 Å². The highest BCUT2D eigenvalue weighted by molar-refractivity contribution is 9.11. The first kappa shape index (κ1) is 40.9. The molecule has 2 N–H and O–H groups in total. The average molecular weight is 846 g/mol. The highest BCUT2D eigenvalue weighted by atomic mass is 79.9. The van der Waals surface area contributed by atoms with Gasteiger partial charge in [-0.05, 0) is 130 Å². The molecule has 268 valence electrons. The molecule has 49 heavy (non-hydrogen) atoms. The molecule has 0 saturated carbocycles. The Labute approximate surface area is 316 Å². The van der Waals surface area contributed by atoms with E-state index in [1.807, 2.05) is 77.1 Å². The lowest BCUT2D eigenvalue weighted by Gasteiger charge is -2.22. The third-order valence-electron chi connectivity index (χ3n) is 6.87. The first-order chi connectivity index (χ1) is 22.9. The van der Waals surface area contributed by atoms with Gasteiger partial charge in [-0.3, -0.25) is 4.79 Å². The molecule has 4 aromatic rings. The molecule has 0 fully saturated rings. The lowest BCUT2D eigenvalue weighted by atomic mass is 10.0. The zero-order valence-corrected chi connectivity index (χ0v) is 33.9. The molecule has 0 saturated heterocycles. The molecular weight excluding hydrogens is 799 g/mol. The molecule has 13 heteroatoms. The fraction of sp³-hybridized carbons (Fsp3) is 0.472. The standard InChI is InChI=1S/C18H22BrClN2O3.C18H24BrClN2O2/c1-11-7-16(25-22-11)12(8-17(23)24-18(2,3)4)10-21-15-9-13(20)5-6-14(15)19;1-12-9-17(24-22-12)13(7-8-23-18(2,3)4)11-21-16-10-14(20)5-6-15(16)19/h5-7,9,12,21H,8,10H2,1-4H3;5-6,9-10,13,21H,7-8,11H2,1-4H3. The molecule has 2 aromatic carbocycles. The number of carbonyl (C=O) groups excluding carboxylic acids is 1. The molecule has 4 rings (SSSR count). The van der Waals surface area contributed by atoms with E-state index in [1.54, 1.807) is 6.07 Å². The fourth-order valence-corrected chi connectivity index (χ4v) is 5.71. The number of halogens is 4. The van der Waals surface area contributed by atoms with Crippen molar-refractivity contribution in [2.75, 3.05) is 30.3 Å². The van der Waals surface area contributed by atoms with E-state index in [1.165, 1.54) is 0 Å². The summed E-state index contributed by atoms with van der Waals surface area (Å²) in [6.07, 6.45) is 1.04. The van der Waals surface area contributed by atoms with Crippen LogP contribution in [0.1, 0.15) is 89.1 Å². The summed E-state index contributed by atoms with van der Waals surface area (Å²) in [4.78, 5) is 12.2. The third kappa shape index (κ3) is 15.1. The maximum atomic E-state index is 12.2. The Morgan fingerprint density at radius 2 is 1.24 bits per heavy atom. The van der Waals surface area contributed by atoms with Gasteiger partial charge in [0.2, 0.25) is 0 Å². The van der Waals surface area contributed by atoms with E-state index in [0.717, 1.165) is 43.9 Å². The van der Waals surface area contributed by atoms with Gasteiger partial charge in [-0.15, -0.1) is 0 Å². The second-order valence-electron chi connectivity index (χ2n) is 13.7. The van der Waals surface area contributed by atoms with Gasteiger partial charge in [0, 0.05) is 74.0 Å². The minimum atomic E-state index is -0.525. The zero-order chi connectivity index (χ0) is 36.4. The summed E-state index contributed by atoms with van der Waals surface area (Å²) in [7, 11) is 0. The minimum absolute atomic E-state index is 0.148. The van der Waals surface area contributed by atoms with Crippen LogP contribution in [-0.2, 0) is 14.3 Å². The monoisotopic (exact) mass is 842 g/mol. The highest BCUT2D eigenvalue weighted by Crippen LogP contribution is 2.30. The minimum Gasteiger partial charge on any atom is -0.460 e. The van der Waals surface area contributed by atoms with Crippen LogP contribution in [0.5, 0.6) is 0 Å². The van der Waals surface area contributed by atoms with Crippen molar-refractivity contribution in [3.05, 3.63) is 90.4 Å². The lowest BCUT2D eigenvalue weighted by Crippen LogP contribution is -2.26. The Morgan fingerprint density at radius 1 is 0.776 bits per heavy atom. The van der Waals surface area contributed by atoms with Crippen LogP contribution in [0.3, 0.4) is 0 Å². The van der Waals surface area contributed by atoms with Crippen molar-refractivity contribution < 1.29 is 23.3 Å². The number of hydrogen-bond acceptors (Lipinski definition) is 9. The largest absolute Gasteiger partial charge is 0.460 e. The molecule has 2 aromatic heterocycles. The number of rotatable bonds is 13. The molecule has 9 nitrogen and oxygen atoms in total. The maximum absolute atomic E-state index is 12.2. The molecule has 0 spiro atoms. The smallest absolute Gasteiger partial charge is 0.307 e. The summed E-state index contributed by atoms with van der Waals surface area (Å²) in [5.74, 6) is 1.20. The van der Waals surface area contributed by atoms with Crippen molar-refractivity contribution in [3.8, 4) is 0 Å². The van der Waals surface area contributed by atoms with Gasteiger partial charge < -0.3 is 29.2 Å². The summed E-state index contributed by atoms with van der Waals surface area (Å²) >= 11 is 19.1. The van der Waals surface area contributed by atoms with E-state index in [4.69, 9.17) is 41.7 Å². The van der Waals surface area contributed by atoms with Crippen LogP contribution in [0.25, 0.3) is 0 Å². The molecule has 2 heterocycles. The second kappa shape index (κ2) is 18.6. The van der Waals surface area contributed by atoms with Gasteiger partial charge in [0.25, 0.3) is 0 Å². The Morgan fingerprint density at radius 3 is 1.67 bits per heavy atom. The number of aryl methyl sites for hydroxylation is 2. The summed E-state index contributed by atoms with van der Waals surface area (Å²) in [5.41, 5.74) is 2.79. The molecule has 2 atom stereocenters. The van der Waals surface area contributed by atoms with Gasteiger partial charge in [-0.2, -0.15) is 0 Å². The van der Waals surface area contributed by atoms with E-state index in [9.17, 15) is 4.79 Å². The number of ether oxygens (including phenoxy) is 2. The Bertz CT molecular complexity index is 1650. The Kier molecular flexibility index (Phi) is 15.5. The first-order valence-electron chi connectivity index (χ1n) is 16.0. The fourth-order valence-electron chi connectivity index (χ4n) is 4.59. The van der Waals surface area contributed by atoms with Crippen molar-refractivity contribution in [3.63, 3.8) is 0 Å². The van der Waals surface area contributed by atoms with E-state index in [-0.39, 0.29) is 29.8 Å². The average Bonchev–Trinajstić information content (AvgIpc) is 3.63. The molecule has 0 aliphatic heterocycles. The number of benzene rings is 2. The Balaban J connectivity index is 0.000000266. The van der Waals surface area contributed by atoms with Crippen LogP contribution in [0, 0.1) is 13.8 Å². The number of carbonyl (C=O) groups is 1. The van der Waals surface area contributed by atoms with Gasteiger partial charge >= 0.3 is 5.97 Å². The lowest BCUT2D eigenvalue weighted by molar-refractivity contribution is -0.155. The molecule has 0 bridgehead atoms. The normalized spacial score (nSPS) is 12.9. The summed E-state index contributed by atoms with van der Waals surface area (Å²) in [5, 5.41) is 16.0. The van der Waals surface area contributed by atoms with E-state index in [0.29, 0.717) is 35.5 Å². The van der Waals surface area contributed by atoms with Crippen molar-refractivity contribution >= 4 is 72.4 Å². The van der Waals surface area contributed by atoms with E-state index in [2.05, 4.69) is 73.6 Å².